The van der Waals surface area contributed by atoms with Crippen LogP contribution >= 0.6 is 11.3 Å². The average molecular weight is 257 g/mol. The molecule has 0 bridgehead atoms. The quantitative estimate of drug-likeness (QED) is 0.814. The van der Waals surface area contributed by atoms with Crippen LogP contribution in [-0.4, -0.2) is 47.1 Å². The van der Waals surface area contributed by atoms with Crippen LogP contribution in [0.2, 0.25) is 0 Å². The van der Waals surface area contributed by atoms with E-state index < -0.39 is 5.97 Å². The second-order valence-corrected chi connectivity index (χ2v) is 4.56. The van der Waals surface area contributed by atoms with E-state index in [0.717, 1.165) is 15.6 Å². The lowest BCUT2D eigenvalue weighted by Gasteiger charge is -2.14. The van der Waals surface area contributed by atoms with E-state index in [4.69, 9.17) is 5.11 Å². The standard InChI is InChI=1S/C10H15N3O3S/c1-7-6-17-8(12-7)3-4-11-10(16)13(2)5-9(14)15/h6H,3-5H2,1-2H3,(H,11,16)(H,14,15). The van der Waals surface area contributed by atoms with Crippen molar-refractivity contribution in [1.29, 1.82) is 0 Å². The zero-order chi connectivity index (χ0) is 12.8. The van der Waals surface area contributed by atoms with Gasteiger partial charge in [-0.15, -0.1) is 11.3 Å². The second-order valence-electron chi connectivity index (χ2n) is 3.61. The molecule has 0 aliphatic heterocycles. The molecule has 2 N–H and O–H groups in total. The predicted octanol–water partition coefficient (Wildman–Crippen LogP) is 0.720. The fraction of sp³-hybridized carbons (Fsp3) is 0.500. The summed E-state index contributed by atoms with van der Waals surface area (Å²) in [5, 5.41) is 14.1. The van der Waals surface area contributed by atoms with Gasteiger partial charge in [-0.25, -0.2) is 9.78 Å². The molecule has 94 valence electrons. The van der Waals surface area contributed by atoms with Crippen molar-refractivity contribution in [2.45, 2.75) is 13.3 Å². The van der Waals surface area contributed by atoms with Gasteiger partial charge >= 0.3 is 12.0 Å². The average Bonchev–Trinajstić information content (AvgIpc) is 2.63. The van der Waals surface area contributed by atoms with Crippen LogP contribution in [-0.2, 0) is 11.2 Å². The molecule has 0 unspecified atom stereocenters. The number of hydrogen-bond acceptors (Lipinski definition) is 4. The van der Waals surface area contributed by atoms with Crippen LogP contribution in [0.3, 0.4) is 0 Å². The van der Waals surface area contributed by atoms with E-state index in [1.807, 2.05) is 12.3 Å². The minimum Gasteiger partial charge on any atom is -0.480 e. The molecule has 0 aliphatic carbocycles. The number of amides is 2. The molecule has 0 saturated heterocycles. The van der Waals surface area contributed by atoms with Crippen LogP contribution in [0.15, 0.2) is 5.38 Å². The number of nitrogens with zero attached hydrogens (tertiary/aromatic N) is 2. The fourth-order valence-electron chi connectivity index (χ4n) is 1.20. The number of nitrogens with one attached hydrogen (secondary N) is 1. The first-order valence-corrected chi connectivity index (χ1v) is 5.98. The molecule has 0 aliphatic rings. The number of likely N-dealkylation sites (N-methyl/N-ethyl adjacent to an activating group) is 1. The molecule has 0 aromatic carbocycles. The van der Waals surface area contributed by atoms with Crippen LogP contribution in [0.4, 0.5) is 4.79 Å². The highest BCUT2D eigenvalue weighted by molar-refractivity contribution is 7.09. The number of carbonyl (C=O) groups is 2. The molecule has 0 radical (unpaired) electrons. The third-order valence-corrected chi connectivity index (χ3v) is 3.03. The Hall–Kier alpha value is -1.63. The van der Waals surface area contributed by atoms with Crippen molar-refractivity contribution in [3.05, 3.63) is 16.1 Å². The van der Waals surface area contributed by atoms with Crippen molar-refractivity contribution in [3.63, 3.8) is 0 Å². The molecule has 7 heteroatoms. The van der Waals surface area contributed by atoms with E-state index in [2.05, 4.69) is 10.3 Å². The van der Waals surface area contributed by atoms with Gasteiger partial charge in [-0.05, 0) is 6.92 Å². The summed E-state index contributed by atoms with van der Waals surface area (Å²) in [5.74, 6) is -1.03. The fourth-order valence-corrected chi connectivity index (χ4v) is 1.98. The van der Waals surface area contributed by atoms with Gasteiger partial charge in [0.05, 0.1) is 5.01 Å². The number of aryl methyl sites for hydroxylation is 1. The third-order valence-electron chi connectivity index (χ3n) is 2.00. The van der Waals surface area contributed by atoms with Crippen LogP contribution in [0.5, 0.6) is 0 Å². The summed E-state index contributed by atoms with van der Waals surface area (Å²) in [4.78, 5) is 27.2. The third kappa shape index (κ3) is 4.81. The van der Waals surface area contributed by atoms with Gasteiger partial charge in [-0.2, -0.15) is 0 Å². The summed E-state index contributed by atoms with van der Waals surface area (Å²) in [6.45, 7) is 2.07. The summed E-state index contributed by atoms with van der Waals surface area (Å²) in [6, 6.07) is -0.388. The maximum absolute atomic E-state index is 11.4. The lowest BCUT2D eigenvalue weighted by Crippen LogP contribution is -2.40. The van der Waals surface area contributed by atoms with Crippen molar-refractivity contribution in [2.75, 3.05) is 20.1 Å². The molecule has 0 fully saturated rings. The Morgan fingerprint density at radius 3 is 2.82 bits per heavy atom. The number of aromatic nitrogens is 1. The molecular weight excluding hydrogens is 242 g/mol. The molecule has 1 aromatic rings. The topological polar surface area (TPSA) is 82.5 Å². The lowest BCUT2D eigenvalue weighted by molar-refractivity contribution is -0.137. The van der Waals surface area contributed by atoms with E-state index >= 15 is 0 Å². The van der Waals surface area contributed by atoms with Crippen LogP contribution in [0.25, 0.3) is 0 Å². The molecule has 1 heterocycles. The number of thiazole rings is 1. The Labute approximate surface area is 103 Å². The Morgan fingerprint density at radius 1 is 1.59 bits per heavy atom. The smallest absolute Gasteiger partial charge is 0.323 e. The van der Waals surface area contributed by atoms with Gasteiger partial charge in [-0.3, -0.25) is 4.79 Å². The largest absolute Gasteiger partial charge is 0.480 e. The summed E-state index contributed by atoms with van der Waals surface area (Å²) in [5.41, 5.74) is 0.972. The van der Waals surface area contributed by atoms with E-state index in [9.17, 15) is 9.59 Å². The first-order chi connectivity index (χ1) is 7.99. The number of carboxylic acids is 1. The van der Waals surface area contributed by atoms with Crippen LogP contribution < -0.4 is 5.32 Å². The van der Waals surface area contributed by atoms with E-state index in [1.165, 1.54) is 7.05 Å². The second kappa shape index (κ2) is 6.19. The van der Waals surface area contributed by atoms with Gasteiger partial charge in [0.25, 0.3) is 0 Å². The Bertz CT molecular complexity index is 405. The molecule has 0 saturated carbocycles. The van der Waals surface area contributed by atoms with Crippen molar-refractivity contribution >= 4 is 23.3 Å². The lowest BCUT2D eigenvalue weighted by atomic mass is 10.4. The number of urea groups is 1. The minimum absolute atomic E-state index is 0.303. The molecule has 6 nitrogen and oxygen atoms in total. The normalized spacial score (nSPS) is 10.0. The number of hydrogen-bond donors (Lipinski definition) is 2. The number of carboxylic acid groups (broad SMARTS) is 1. The van der Waals surface area contributed by atoms with Crippen molar-refractivity contribution < 1.29 is 14.7 Å². The highest BCUT2D eigenvalue weighted by Crippen LogP contribution is 2.08. The summed E-state index contributed by atoms with van der Waals surface area (Å²) in [7, 11) is 1.44. The maximum Gasteiger partial charge on any atom is 0.323 e. The predicted molar refractivity (Wildman–Crippen MR) is 64.2 cm³/mol. The Kier molecular flexibility index (Phi) is 4.89. The van der Waals surface area contributed by atoms with Gasteiger partial charge in [0.2, 0.25) is 0 Å². The molecule has 1 rings (SSSR count). The van der Waals surface area contributed by atoms with E-state index in [1.54, 1.807) is 11.3 Å². The van der Waals surface area contributed by atoms with Gasteiger partial charge in [0, 0.05) is 31.1 Å². The van der Waals surface area contributed by atoms with Gasteiger partial charge < -0.3 is 15.3 Å². The van der Waals surface area contributed by atoms with Crippen molar-refractivity contribution in [3.8, 4) is 0 Å². The number of rotatable bonds is 5. The zero-order valence-electron chi connectivity index (χ0n) is 9.77. The van der Waals surface area contributed by atoms with Crippen molar-refractivity contribution in [2.24, 2.45) is 0 Å². The highest BCUT2D eigenvalue weighted by Gasteiger charge is 2.11. The Balaban J connectivity index is 2.26. The number of carbonyl (C=O) groups excluding carboxylic acids is 1. The first kappa shape index (κ1) is 13.4. The van der Waals surface area contributed by atoms with Crippen LogP contribution in [0.1, 0.15) is 10.7 Å². The maximum atomic E-state index is 11.4. The molecule has 2 amide bonds. The van der Waals surface area contributed by atoms with Crippen molar-refractivity contribution in [1.82, 2.24) is 15.2 Å². The molecular formula is C10H15N3O3S. The van der Waals surface area contributed by atoms with Gasteiger partial charge in [0.15, 0.2) is 0 Å². The number of aliphatic carboxylic acids is 1. The Morgan fingerprint density at radius 2 is 2.29 bits per heavy atom. The molecule has 0 spiro atoms. The summed E-state index contributed by atoms with van der Waals surface area (Å²) < 4.78 is 0. The summed E-state index contributed by atoms with van der Waals surface area (Å²) in [6.07, 6.45) is 0.658. The highest BCUT2D eigenvalue weighted by atomic mass is 32.1. The van der Waals surface area contributed by atoms with Gasteiger partial charge in [-0.1, -0.05) is 0 Å². The SMILES string of the molecule is Cc1csc(CCNC(=O)N(C)CC(=O)O)n1. The molecule has 1 aromatic heterocycles. The van der Waals surface area contributed by atoms with Crippen LogP contribution in [0, 0.1) is 6.92 Å². The van der Waals surface area contributed by atoms with Gasteiger partial charge in [0.1, 0.15) is 6.54 Å². The first-order valence-electron chi connectivity index (χ1n) is 5.11. The van der Waals surface area contributed by atoms with E-state index in [-0.39, 0.29) is 12.6 Å². The monoisotopic (exact) mass is 257 g/mol. The van der Waals surface area contributed by atoms with E-state index in [0.29, 0.717) is 13.0 Å². The summed E-state index contributed by atoms with van der Waals surface area (Å²) >= 11 is 1.55. The molecule has 0 atom stereocenters. The zero-order valence-corrected chi connectivity index (χ0v) is 10.6. The minimum atomic E-state index is -1.03. The molecule has 17 heavy (non-hydrogen) atoms.